The maximum absolute atomic E-state index is 14.3. The van der Waals surface area contributed by atoms with Gasteiger partial charge in [-0.05, 0) is 87.9 Å². The molecule has 0 aromatic heterocycles. The van der Waals surface area contributed by atoms with Crippen LogP contribution in [0.2, 0.25) is 10.0 Å². The second-order valence-corrected chi connectivity index (χ2v) is 11.7. The van der Waals surface area contributed by atoms with Crippen LogP contribution in [0.3, 0.4) is 0 Å². The van der Waals surface area contributed by atoms with Crippen molar-refractivity contribution < 1.29 is 14.4 Å². The number of anilines is 1. The second-order valence-electron chi connectivity index (χ2n) is 10.9. The molecule has 2 N–H and O–H groups in total. The van der Waals surface area contributed by atoms with Crippen LogP contribution in [-0.4, -0.2) is 24.7 Å². The standard InChI is InChI=1S/C36H28Cl2N2O3/c1-19-15-22(40-36(43)27-7-4-5-9-30(27)37)11-12-23(19)35(42)33-20(2)21(18-41)16-29-26(33)14-13-25-24-8-6-10-31(38)28(24)17-32(39-3)34(25)29/h4-15,17,20,32,39H,16H2,1-3H3,(H,40,43). The zero-order valence-electron chi connectivity index (χ0n) is 23.8. The molecule has 7 heteroatoms. The summed E-state index contributed by atoms with van der Waals surface area (Å²) in [4.78, 5) is 39.3. The number of hydrogen-bond donors (Lipinski definition) is 2. The number of carbonyl (C=O) groups excluding carboxylic acids is 3. The van der Waals surface area contributed by atoms with Crippen molar-refractivity contribution in [2.45, 2.75) is 26.3 Å². The molecular weight excluding hydrogens is 579 g/mol. The van der Waals surface area contributed by atoms with E-state index in [1.807, 2.05) is 45.2 Å². The predicted molar refractivity (Wildman–Crippen MR) is 171 cm³/mol. The van der Waals surface area contributed by atoms with Gasteiger partial charge in [0.2, 0.25) is 0 Å². The van der Waals surface area contributed by atoms with Gasteiger partial charge in [0.1, 0.15) is 5.94 Å². The third kappa shape index (κ3) is 4.95. The maximum atomic E-state index is 14.3. The van der Waals surface area contributed by atoms with Crippen molar-refractivity contribution in [1.82, 2.24) is 5.32 Å². The molecule has 5 nitrogen and oxygen atoms in total. The summed E-state index contributed by atoms with van der Waals surface area (Å²) in [6.07, 6.45) is 2.51. The normalized spacial score (nSPS) is 16.8. The molecule has 4 aromatic carbocycles. The molecule has 0 saturated heterocycles. The van der Waals surface area contributed by atoms with E-state index in [9.17, 15) is 14.4 Å². The molecule has 43 heavy (non-hydrogen) atoms. The van der Waals surface area contributed by atoms with E-state index >= 15 is 0 Å². The number of nitrogens with one attached hydrogen (secondary N) is 2. The Balaban J connectivity index is 1.50. The number of allylic oxidation sites excluding steroid dienone is 1. The van der Waals surface area contributed by atoms with Crippen molar-refractivity contribution in [3.05, 3.63) is 137 Å². The van der Waals surface area contributed by atoms with Crippen molar-refractivity contribution in [1.29, 1.82) is 0 Å². The number of benzene rings is 4. The number of carbonyl (C=O) groups is 2. The Hall–Kier alpha value is -4.25. The van der Waals surface area contributed by atoms with Gasteiger partial charge in [0.05, 0.1) is 16.6 Å². The number of ketones is 1. The van der Waals surface area contributed by atoms with Crippen LogP contribution in [0.15, 0.2) is 78.4 Å². The zero-order chi connectivity index (χ0) is 30.4. The minimum Gasteiger partial charge on any atom is -0.322 e. The molecule has 0 spiro atoms. The average Bonchev–Trinajstić information content (AvgIpc) is 3.00. The van der Waals surface area contributed by atoms with Gasteiger partial charge < -0.3 is 10.6 Å². The van der Waals surface area contributed by atoms with E-state index in [0.717, 1.165) is 32.0 Å². The second kappa shape index (κ2) is 11.4. The largest absolute Gasteiger partial charge is 0.322 e. The van der Waals surface area contributed by atoms with Gasteiger partial charge in [0.15, 0.2) is 5.78 Å². The van der Waals surface area contributed by atoms with Crippen LogP contribution in [0.1, 0.15) is 50.4 Å². The van der Waals surface area contributed by atoms with Crippen LogP contribution in [-0.2, 0) is 11.2 Å². The molecule has 0 saturated carbocycles. The predicted octanol–water partition coefficient (Wildman–Crippen LogP) is 5.88. The van der Waals surface area contributed by atoms with Gasteiger partial charge in [-0.3, -0.25) is 9.59 Å². The molecule has 0 bridgehead atoms. The smallest absolute Gasteiger partial charge is 0.257 e. The van der Waals surface area contributed by atoms with Gasteiger partial charge in [-0.15, -0.1) is 0 Å². The third-order valence-electron chi connectivity index (χ3n) is 8.49. The zero-order valence-corrected chi connectivity index (χ0v) is 25.4. The lowest BCUT2D eigenvalue weighted by atomic mass is 9.75. The summed E-state index contributed by atoms with van der Waals surface area (Å²) in [5.74, 6) is 1.25. The van der Waals surface area contributed by atoms with Crippen LogP contribution in [0.5, 0.6) is 0 Å². The molecule has 2 aliphatic rings. The summed E-state index contributed by atoms with van der Waals surface area (Å²) in [7, 11) is 1.89. The number of Topliss-reactive ketones (excluding diaryl/α,β-unsaturated/α-hetero) is 1. The molecule has 0 fully saturated rings. The molecule has 2 atom stereocenters. The highest BCUT2D eigenvalue weighted by Gasteiger charge is 2.32. The number of halogens is 2. The number of rotatable bonds is 5. The number of hydrogen-bond acceptors (Lipinski definition) is 4. The fourth-order valence-electron chi connectivity index (χ4n) is 6.30. The first kappa shape index (κ1) is 28.9. The summed E-state index contributed by atoms with van der Waals surface area (Å²) in [5, 5.41) is 11.1. The lowest BCUT2D eigenvalue weighted by molar-refractivity contribution is 0.102. The van der Waals surface area contributed by atoms with Crippen molar-refractivity contribution >= 4 is 58.2 Å². The van der Waals surface area contributed by atoms with Crippen LogP contribution in [0.4, 0.5) is 5.69 Å². The fraction of sp³-hybridized carbons (Fsp3) is 0.167. The first-order valence-corrected chi connectivity index (χ1v) is 14.8. The lowest BCUT2D eigenvalue weighted by Crippen LogP contribution is -2.34. The maximum Gasteiger partial charge on any atom is 0.257 e. The quantitative estimate of drug-likeness (QED) is 0.220. The molecule has 2 aliphatic carbocycles. The molecule has 2 unspecified atom stereocenters. The van der Waals surface area contributed by atoms with Crippen molar-refractivity contribution in [3.8, 4) is 0 Å². The van der Waals surface area contributed by atoms with Crippen LogP contribution < -0.4 is 21.1 Å². The average molecular weight is 608 g/mol. The number of amides is 1. The van der Waals surface area contributed by atoms with Crippen molar-refractivity contribution in [3.63, 3.8) is 0 Å². The van der Waals surface area contributed by atoms with Crippen molar-refractivity contribution in [2.24, 2.45) is 5.92 Å². The SMILES string of the molecule is CNC1C=c2c(Cl)cccc2=c2ccc3c(c21)CC(=C=O)C(C)C=3C(=O)c1ccc(NC(=O)c2ccccc2Cl)cc1C. The minimum atomic E-state index is -0.406. The van der Waals surface area contributed by atoms with Gasteiger partial charge in [0.25, 0.3) is 5.91 Å². The molecule has 6 rings (SSSR count). The topological polar surface area (TPSA) is 75.3 Å². The first-order chi connectivity index (χ1) is 20.7. The Morgan fingerprint density at radius 2 is 1.63 bits per heavy atom. The van der Waals surface area contributed by atoms with E-state index in [2.05, 4.69) is 28.7 Å². The van der Waals surface area contributed by atoms with E-state index in [1.165, 1.54) is 0 Å². The Bertz CT molecular complexity index is 2130. The number of fused-ring (bicyclic) bond motifs is 4. The van der Waals surface area contributed by atoms with E-state index < -0.39 is 5.92 Å². The Labute approximate surface area is 258 Å². The highest BCUT2D eigenvalue weighted by atomic mass is 35.5. The van der Waals surface area contributed by atoms with E-state index in [0.29, 0.717) is 50.0 Å². The van der Waals surface area contributed by atoms with Gasteiger partial charge in [0, 0.05) is 39.8 Å². The first-order valence-electron chi connectivity index (χ1n) is 14.0. The van der Waals surface area contributed by atoms with Gasteiger partial charge in [-0.25, -0.2) is 4.79 Å². The molecular formula is C36H28Cl2N2O3. The van der Waals surface area contributed by atoms with Gasteiger partial charge in [-0.1, -0.05) is 72.6 Å². The Morgan fingerprint density at radius 1 is 0.884 bits per heavy atom. The molecule has 1 amide bonds. The minimum absolute atomic E-state index is 0.155. The van der Waals surface area contributed by atoms with Crippen LogP contribution >= 0.6 is 23.2 Å². The summed E-state index contributed by atoms with van der Waals surface area (Å²) in [5.41, 5.74) is 5.20. The summed E-state index contributed by atoms with van der Waals surface area (Å²) in [6.45, 7) is 3.73. The highest BCUT2D eigenvalue weighted by Crippen LogP contribution is 2.34. The Kier molecular flexibility index (Phi) is 7.68. The fourth-order valence-corrected chi connectivity index (χ4v) is 6.76. The molecule has 0 aliphatic heterocycles. The van der Waals surface area contributed by atoms with Gasteiger partial charge >= 0.3 is 0 Å². The molecule has 0 heterocycles. The van der Waals surface area contributed by atoms with E-state index in [4.69, 9.17) is 23.2 Å². The van der Waals surface area contributed by atoms with Crippen molar-refractivity contribution in [2.75, 3.05) is 12.4 Å². The molecule has 4 aromatic rings. The summed E-state index contributed by atoms with van der Waals surface area (Å²) in [6, 6.07) is 21.8. The van der Waals surface area contributed by atoms with Crippen LogP contribution in [0.25, 0.3) is 11.6 Å². The lowest BCUT2D eigenvalue weighted by Gasteiger charge is -2.28. The third-order valence-corrected chi connectivity index (χ3v) is 9.15. The summed E-state index contributed by atoms with van der Waals surface area (Å²) < 4.78 is 0. The van der Waals surface area contributed by atoms with E-state index in [1.54, 1.807) is 42.5 Å². The van der Waals surface area contributed by atoms with Crippen LogP contribution in [0, 0.1) is 23.3 Å². The molecule has 214 valence electrons. The van der Waals surface area contributed by atoms with E-state index in [-0.39, 0.29) is 17.7 Å². The monoisotopic (exact) mass is 606 g/mol. The Morgan fingerprint density at radius 3 is 2.35 bits per heavy atom. The number of aryl methyl sites for hydroxylation is 1. The van der Waals surface area contributed by atoms with Gasteiger partial charge in [-0.2, -0.15) is 0 Å². The molecule has 0 radical (unpaired) electrons. The highest BCUT2D eigenvalue weighted by molar-refractivity contribution is 6.34. The summed E-state index contributed by atoms with van der Waals surface area (Å²) >= 11 is 12.8.